The van der Waals surface area contributed by atoms with Crippen molar-refractivity contribution in [3.05, 3.63) is 76.5 Å². The standard InChI is InChI=1S/C22H19ClN8O/c23-15-9-11-30-18(15)22(32)31(14-6-2-1-3-7-14)20(28-30)16-8-4-5-10-29(16)21-17-19(25-12-24-17)26-13-27-21/h1-3,6-7,9,11-13,16H,4-5,8,10H2,(H,24,25,26,27)/t16-/m0/s1. The quantitative estimate of drug-likeness (QED) is 0.455. The number of rotatable bonds is 3. The van der Waals surface area contributed by atoms with E-state index in [0.29, 0.717) is 22.0 Å². The molecule has 1 fully saturated rings. The van der Waals surface area contributed by atoms with Gasteiger partial charge < -0.3 is 9.88 Å². The van der Waals surface area contributed by atoms with E-state index in [2.05, 4.69) is 24.8 Å². The lowest BCUT2D eigenvalue weighted by molar-refractivity contribution is 0.439. The van der Waals surface area contributed by atoms with Crippen LogP contribution in [0.5, 0.6) is 0 Å². The summed E-state index contributed by atoms with van der Waals surface area (Å²) in [5.74, 6) is 1.41. The van der Waals surface area contributed by atoms with Crippen LogP contribution in [0.4, 0.5) is 5.82 Å². The van der Waals surface area contributed by atoms with E-state index in [1.54, 1.807) is 27.7 Å². The van der Waals surface area contributed by atoms with Crippen molar-refractivity contribution in [1.29, 1.82) is 0 Å². The zero-order valence-corrected chi connectivity index (χ0v) is 17.8. The van der Waals surface area contributed by atoms with Crippen LogP contribution >= 0.6 is 11.6 Å². The van der Waals surface area contributed by atoms with Crippen molar-refractivity contribution in [3.63, 3.8) is 0 Å². The highest BCUT2D eigenvalue weighted by Crippen LogP contribution is 2.36. The van der Waals surface area contributed by atoms with E-state index in [1.165, 1.54) is 6.33 Å². The smallest absolute Gasteiger partial charge is 0.284 e. The van der Waals surface area contributed by atoms with Crippen molar-refractivity contribution in [2.45, 2.75) is 25.3 Å². The Morgan fingerprint density at radius 1 is 1.06 bits per heavy atom. The van der Waals surface area contributed by atoms with Crippen molar-refractivity contribution >= 4 is 34.1 Å². The number of nitrogens with zero attached hydrogens (tertiary/aromatic N) is 7. The van der Waals surface area contributed by atoms with Gasteiger partial charge in [-0.25, -0.2) is 19.5 Å². The van der Waals surface area contributed by atoms with E-state index in [0.717, 1.165) is 42.8 Å². The summed E-state index contributed by atoms with van der Waals surface area (Å²) in [7, 11) is 0. The van der Waals surface area contributed by atoms with Crippen molar-refractivity contribution in [2.75, 3.05) is 11.4 Å². The second kappa shape index (κ2) is 7.45. The molecule has 5 heterocycles. The Balaban J connectivity index is 1.61. The summed E-state index contributed by atoms with van der Waals surface area (Å²) in [4.78, 5) is 32.1. The molecule has 160 valence electrons. The Morgan fingerprint density at radius 3 is 2.81 bits per heavy atom. The molecule has 0 bridgehead atoms. The van der Waals surface area contributed by atoms with E-state index in [4.69, 9.17) is 16.7 Å². The number of halogens is 1. The van der Waals surface area contributed by atoms with Gasteiger partial charge in [-0.1, -0.05) is 29.8 Å². The molecule has 1 aliphatic rings. The third kappa shape index (κ3) is 2.89. The first-order valence-electron chi connectivity index (χ1n) is 10.5. The Labute approximate surface area is 187 Å². The van der Waals surface area contributed by atoms with Crippen molar-refractivity contribution < 1.29 is 0 Å². The van der Waals surface area contributed by atoms with Gasteiger partial charge in [0.25, 0.3) is 5.56 Å². The number of hydrogen-bond donors (Lipinski definition) is 1. The molecule has 0 aliphatic carbocycles. The van der Waals surface area contributed by atoms with Crippen molar-refractivity contribution in [3.8, 4) is 5.69 Å². The molecule has 0 spiro atoms. The summed E-state index contributed by atoms with van der Waals surface area (Å²) < 4.78 is 3.26. The average molecular weight is 447 g/mol. The molecule has 0 saturated carbocycles. The summed E-state index contributed by atoms with van der Waals surface area (Å²) in [6.07, 6.45) is 7.74. The van der Waals surface area contributed by atoms with Crippen LogP contribution in [0.3, 0.4) is 0 Å². The first-order valence-corrected chi connectivity index (χ1v) is 10.9. The molecule has 4 aromatic heterocycles. The van der Waals surface area contributed by atoms with Gasteiger partial charge in [-0.05, 0) is 37.5 Å². The number of hydrogen-bond acceptors (Lipinski definition) is 6. The predicted octanol–water partition coefficient (Wildman–Crippen LogP) is 3.54. The fourth-order valence-electron chi connectivity index (χ4n) is 4.51. The summed E-state index contributed by atoms with van der Waals surface area (Å²) in [6.45, 7) is 0.783. The van der Waals surface area contributed by atoms with Gasteiger partial charge in [0.2, 0.25) is 0 Å². The number of benzene rings is 1. The van der Waals surface area contributed by atoms with Crippen LogP contribution in [0.15, 0.2) is 60.0 Å². The molecule has 5 aromatic rings. The lowest BCUT2D eigenvalue weighted by Crippen LogP contribution is -2.39. The lowest BCUT2D eigenvalue weighted by atomic mass is 10.0. The molecule has 1 aliphatic heterocycles. The van der Waals surface area contributed by atoms with Gasteiger partial charge in [-0.2, -0.15) is 5.10 Å². The summed E-state index contributed by atoms with van der Waals surface area (Å²) in [6, 6.07) is 11.1. The second-order valence-corrected chi connectivity index (χ2v) is 8.20. The third-order valence-electron chi connectivity index (χ3n) is 5.95. The number of para-hydroxylation sites is 1. The van der Waals surface area contributed by atoms with Gasteiger partial charge in [-0.15, -0.1) is 0 Å². The highest BCUT2D eigenvalue weighted by atomic mass is 35.5. The minimum absolute atomic E-state index is 0.163. The Hall–Kier alpha value is -3.72. The van der Waals surface area contributed by atoms with Gasteiger partial charge in [-0.3, -0.25) is 9.36 Å². The zero-order chi connectivity index (χ0) is 21.7. The van der Waals surface area contributed by atoms with Crippen LogP contribution < -0.4 is 10.5 Å². The Bertz CT molecular complexity index is 1490. The molecule has 0 radical (unpaired) electrons. The largest absolute Gasteiger partial charge is 0.344 e. The van der Waals surface area contributed by atoms with Gasteiger partial charge in [0.05, 0.1) is 23.1 Å². The molecular weight excluding hydrogens is 428 g/mol. The third-order valence-corrected chi connectivity index (χ3v) is 6.26. The molecule has 9 nitrogen and oxygen atoms in total. The normalized spacial score (nSPS) is 16.8. The Morgan fingerprint density at radius 2 is 1.94 bits per heavy atom. The molecule has 0 amide bonds. The van der Waals surface area contributed by atoms with Gasteiger partial charge in [0.1, 0.15) is 17.4 Å². The molecule has 0 unspecified atom stereocenters. The average Bonchev–Trinajstić information content (AvgIpc) is 3.46. The molecule has 1 N–H and O–H groups in total. The number of anilines is 1. The number of H-pyrrole nitrogens is 1. The van der Waals surface area contributed by atoms with Crippen molar-refractivity contribution in [2.24, 2.45) is 0 Å². The maximum Gasteiger partial charge on any atom is 0.284 e. The highest BCUT2D eigenvalue weighted by molar-refractivity contribution is 6.33. The molecule has 1 saturated heterocycles. The van der Waals surface area contributed by atoms with Gasteiger partial charge in [0.15, 0.2) is 17.3 Å². The fraction of sp³-hybridized carbons (Fsp3) is 0.227. The first kappa shape index (κ1) is 19.0. The zero-order valence-electron chi connectivity index (χ0n) is 17.0. The van der Waals surface area contributed by atoms with Crippen LogP contribution in [0.25, 0.3) is 22.4 Å². The van der Waals surface area contributed by atoms with Crippen LogP contribution in [-0.2, 0) is 0 Å². The number of aromatic nitrogens is 7. The number of fused-ring (bicyclic) bond motifs is 2. The molecule has 6 rings (SSSR count). The van der Waals surface area contributed by atoms with E-state index >= 15 is 0 Å². The maximum absolute atomic E-state index is 13.6. The maximum atomic E-state index is 13.6. The van der Waals surface area contributed by atoms with Crippen LogP contribution in [-0.4, -0.2) is 40.7 Å². The number of aromatic amines is 1. The molecule has 1 atom stereocenters. The summed E-state index contributed by atoms with van der Waals surface area (Å²) >= 11 is 6.34. The Kier molecular flexibility index (Phi) is 4.43. The number of piperidine rings is 1. The SMILES string of the molecule is O=c1c2c(Cl)ccn2nc([C@@H]2CCCCN2c2ncnc3nc[nH]c23)n1-c1ccccc1. The highest BCUT2D eigenvalue weighted by Gasteiger charge is 2.32. The van der Waals surface area contributed by atoms with Gasteiger partial charge in [0, 0.05) is 12.7 Å². The fourth-order valence-corrected chi connectivity index (χ4v) is 4.74. The topological polar surface area (TPSA) is 97.0 Å². The first-order chi connectivity index (χ1) is 15.7. The summed E-state index contributed by atoms with van der Waals surface area (Å²) in [5.41, 5.74) is 2.30. The minimum Gasteiger partial charge on any atom is -0.344 e. The number of nitrogens with one attached hydrogen (secondary N) is 1. The second-order valence-electron chi connectivity index (χ2n) is 7.79. The van der Waals surface area contributed by atoms with E-state index < -0.39 is 0 Å². The van der Waals surface area contributed by atoms with Crippen LogP contribution in [0.1, 0.15) is 31.1 Å². The van der Waals surface area contributed by atoms with Gasteiger partial charge >= 0.3 is 0 Å². The van der Waals surface area contributed by atoms with E-state index in [-0.39, 0.29) is 11.6 Å². The monoisotopic (exact) mass is 446 g/mol. The number of imidazole rings is 1. The molecule has 32 heavy (non-hydrogen) atoms. The van der Waals surface area contributed by atoms with Crippen LogP contribution in [0.2, 0.25) is 5.02 Å². The van der Waals surface area contributed by atoms with E-state index in [9.17, 15) is 4.79 Å². The minimum atomic E-state index is -0.198. The predicted molar refractivity (Wildman–Crippen MR) is 121 cm³/mol. The molecular formula is C22H19ClN8O. The van der Waals surface area contributed by atoms with Crippen LogP contribution in [0, 0.1) is 0 Å². The molecule has 10 heteroatoms. The summed E-state index contributed by atoms with van der Waals surface area (Å²) in [5, 5.41) is 5.27. The van der Waals surface area contributed by atoms with Crippen molar-refractivity contribution in [1.82, 2.24) is 34.1 Å². The van der Waals surface area contributed by atoms with E-state index in [1.807, 2.05) is 30.3 Å². The lowest BCUT2D eigenvalue weighted by Gasteiger charge is -2.37. The molecule has 1 aromatic carbocycles.